The normalized spacial score (nSPS) is 15.5. The fourth-order valence-electron chi connectivity index (χ4n) is 15.8. The first-order chi connectivity index (χ1) is 60.3. The van der Waals surface area contributed by atoms with Gasteiger partial charge in [0, 0.05) is 77.9 Å². The highest BCUT2D eigenvalue weighted by Crippen LogP contribution is 2.56. The SMILES string of the molecule is [2H]c1cc(-n2c3c([2H])c([2H])c([2H])c([2H])c3c3c([2H])c([2H])c([2H])c([2H])c32)c([2H])c2c1B1c3c(cc(C(C)(C)C)cc3N(c3c(-c4ccccc4)cc(C(C)(C)C)cc3-c3cccc(-c4ccccc4)c3)c3c([2H])c(-n4c5c([2H])c([2H])c([2H])c([2H])c5c5c([2H])c([2H])c([2H])c([2H])c54)cc([2H])c31)N2c1c(-c2ccccc2)cc(C(C)(C)C)cc1-c1cccc(-c2ccccc2)c1. The maximum atomic E-state index is 11.9. The van der Waals surface area contributed by atoms with E-state index in [9.17, 15) is 21.9 Å². The van der Waals surface area contributed by atoms with Crippen molar-refractivity contribution in [2.45, 2.75) is 78.6 Å². The van der Waals surface area contributed by atoms with E-state index in [0.29, 0.717) is 56.0 Å². The molecule has 15 aromatic carbocycles. The van der Waals surface area contributed by atoms with Crippen molar-refractivity contribution >= 4 is 101 Å². The molecule has 17 aromatic rings. The number of fused-ring (bicyclic) bond motifs is 10. The van der Waals surface area contributed by atoms with Gasteiger partial charge in [-0.2, -0.15) is 0 Å². The predicted molar refractivity (Wildman–Crippen MR) is 458 cm³/mol. The van der Waals surface area contributed by atoms with E-state index < -0.39 is 132 Å². The van der Waals surface area contributed by atoms with Gasteiger partial charge in [0.15, 0.2) is 0 Å². The van der Waals surface area contributed by atoms with E-state index in [1.54, 1.807) is 0 Å². The molecule has 4 nitrogen and oxygen atoms in total. The molecule has 0 saturated carbocycles. The molecular formula is C102H83BN4. The number of anilines is 6. The molecule has 4 heterocycles. The summed E-state index contributed by atoms with van der Waals surface area (Å²) in [6, 6.07) is 59.7. The van der Waals surface area contributed by atoms with Crippen molar-refractivity contribution in [3.05, 3.63) is 356 Å². The summed E-state index contributed by atoms with van der Waals surface area (Å²) in [5, 5.41) is -1.03. The van der Waals surface area contributed by atoms with Crippen molar-refractivity contribution in [2.24, 2.45) is 0 Å². The first kappa shape index (κ1) is 47.1. The molecule has 0 bridgehead atoms. The molecule has 2 aromatic heterocycles. The highest BCUT2D eigenvalue weighted by molar-refractivity contribution is 7.00. The molecule has 0 amide bonds. The van der Waals surface area contributed by atoms with Crippen LogP contribution >= 0.6 is 0 Å². The molecule has 19 rings (SSSR count). The van der Waals surface area contributed by atoms with Crippen molar-refractivity contribution in [3.63, 3.8) is 0 Å². The second kappa shape index (κ2) is 25.1. The van der Waals surface area contributed by atoms with E-state index in [-0.39, 0.29) is 89.4 Å². The predicted octanol–water partition coefficient (Wildman–Crippen LogP) is 25.9. The monoisotopic (exact) mass is 1390 g/mol. The van der Waals surface area contributed by atoms with Gasteiger partial charge in [-0.05, 0) is 191 Å². The fourth-order valence-corrected chi connectivity index (χ4v) is 15.8. The number of hydrogen-bond donors (Lipinski definition) is 0. The Morgan fingerprint density at radius 1 is 0.271 bits per heavy atom. The molecule has 5 heteroatoms. The van der Waals surface area contributed by atoms with Crippen LogP contribution in [0.1, 0.15) is 106 Å². The Bertz CT molecular complexity index is 7050. The van der Waals surface area contributed by atoms with Crippen molar-refractivity contribution < 1.29 is 27.4 Å². The zero-order valence-electron chi connectivity index (χ0n) is 80.7. The summed E-state index contributed by atoms with van der Waals surface area (Å²) in [5.41, 5.74) is 10.4. The van der Waals surface area contributed by atoms with Gasteiger partial charge in [0.1, 0.15) is 0 Å². The first-order valence-electron chi connectivity index (χ1n) is 46.2. The second-order valence-corrected chi connectivity index (χ2v) is 30.9. The Hall–Kier alpha value is -12.4. The molecule has 0 spiro atoms. The molecular weight excluding hydrogens is 1290 g/mol. The lowest BCUT2D eigenvalue weighted by Gasteiger charge is -2.47. The smallest absolute Gasteiger partial charge is 0.252 e. The van der Waals surface area contributed by atoms with Gasteiger partial charge >= 0.3 is 0 Å². The number of nitrogens with zero attached hydrogens (tertiary/aromatic N) is 4. The molecule has 0 radical (unpaired) electrons. The largest absolute Gasteiger partial charge is 0.310 e. The minimum absolute atomic E-state index is 0.00319. The van der Waals surface area contributed by atoms with E-state index in [4.69, 9.17) is 5.48 Å². The van der Waals surface area contributed by atoms with Crippen molar-refractivity contribution in [1.29, 1.82) is 0 Å². The summed E-state index contributed by atoms with van der Waals surface area (Å²) >= 11 is 0. The third kappa shape index (κ3) is 11.0. The minimum atomic E-state index is -1.42. The molecule has 0 fully saturated rings. The molecule has 0 aliphatic carbocycles. The van der Waals surface area contributed by atoms with Gasteiger partial charge in [0.2, 0.25) is 0 Å². The van der Waals surface area contributed by atoms with Gasteiger partial charge in [0.05, 0.1) is 60.9 Å². The van der Waals surface area contributed by atoms with Crippen LogP contribution in [0, 0.1) is 0 Å². The third-order valence-electron chi connectivity index (χ3n) is 21.2. The number of rotatable bonds is 10. The van der Waals surface area contributed by atoms with Crippen LogP contribution in [0.3, 0.4) is 0 Å². The quantitative estimate of drug-likeness (QED) is 0.127. The highest BCUT2D eigenvalue weighted by atomic mass is 15.2. The van der Waals surface area contributed by atoms with Crippen LogP contribution in [0.4, 0.5) is 34.1 Å². The van der Waals surface area contributed by atoms with E-state index >= 15 is 0 Å². The molecule has 0 atom stereocenters. The first-order valence-corrected chi connectivity index (χ1v) is 36.2. The Balaban J connectivity index is 1.08. The van der Waals surface area contributed by atoms with Gasteiger partial charge in [0.25, 0.3) is 6.71 Å². The van der Waals surface area contributed by atoms with E-state index in [1.165, 1.54) is 21.3 Å². The molecule has 0 N–H and O–H groups in total. The standard InChI is InChI=1S/C102H83BN4/c1-100(2,3)74-58-83(68-36-18-12-19-37-68)98(85(60-74)72-42-30-40-70(56-72)66-32-14-10-15-33-66)106-93-64-77(104-89-48-26-22-44-79(89)80-45-23-27-49-90(80)104)52-54-87(93)103-88-55-53-78(105-91-50-28-24-46-81(91)82-47-25-29-51-92(82)105)65-94(88)107(96-63-76(102(7,8)9)62-95(106)97(96)103)99-84(69-38-20-13-21-39-69)59-75(101(4,5)6)61-86(99)73-43-31-41-71(57-73)67-34-16-11-17-35-67/h10-65H,1-9H3/i22D,23D,24D,25D,26D,27D,28D,29D,44D,45D,46D,47D,48D,49D,50D,51D,54D,55D,64D,65D. The Morgan fingerprint density at radius 3 is 0.897 bits per heavy atom. The maximum absolute atomic E-state index is 11.9. The van der Waals surface area contributed by atoms with Crippen LogP contribution in [0.25, 0.3) is 122 Å². The van der Waals surface area contributed by atoms with Crippen LogP contribution in [-0.2, 0) is 16.2 Å². The van der Waals surface area contributed by atoms with Gasteiger partial charge in [-0.3, -0.25) is 0 Å². The second-order valence-electron chi connectivity index (χ2n) is 30.9. The molecule has 0 unspecified atom stereocenters. The minimum Gasteiger partial charge on any atom is -0.310 e. The van der Waals surface area contributed by atoms with Gasteiger partial charge in [-0.15, -0.1) is 0 Å². The lowest BCUT2D eigenvalue weighted by atomic mass is 9.33. The zero-order valence-corrected chi connectivity index (χ0v) is 60.7. The Labute approximate surface area is 656 Å². The van der Waals surface area contributed by atoms with Crippen LogP contribution in [0.15, 0.2) is 339 Å². The zero-order chi connectivity index (χ0) is 90.0. The molecule has 0 saturated heterocycles. The molecule has 2 aliphatic heterocycles. The number of hydrogen-bond acceptors (Lipinski definition) is 2. The third-order valence-corrected chi connectivity index (χ3v) is 21.2. The van der Waals surface area contributed by atoms with Gasteiger partial charge in [-0.1, -0.05) is 305 Å². The summed E-state index contributed by atoms with van der Waals surface area (Å²) in [6.07, 6.45) is 0. The summed E-state index contributed by atoms with van der Waals surface area (Å²) in [5.74, 6) is 0. The number of aromatic nitrogens is 2. The average molecular weight is 1400 g/mol. The fraction of sp³-hybridized carbons (Fsp3) is 0.118. The molecule has 2 aliphatic rings. The van der Waals surface area contributed by atoms with Crippen LogP contribution in [-0.4, -0.2) is 15.8 Å². The lowest BCUT2D eigenvalue weighted by molar-refractivity contribution is 0.590. The van der Waals surface area contributed by atoms with Crippen molar-refractivity contribution in [1.82, 2.24) is 9.13 Å². The summed E-state index contributed by atoms with van der Waals surface area (Å²) in [6.45, 7) is 17.6. The van der Waals surface area contributed by atoms with Gasteiger partial charge < -0.3 is 18.9 Å². The molecule has 514 valence electrons. The van der Waals surface area contributed by atoms with E-state index in [2.05, 4.69) is 111 Å². The van der Waals surface area contributed by atoms with E-state index in [0.717, 1.165) is 55.6 Å². The van der Waals surface area contributed by atoms with Gasteiger partial charge in [-0.25, -0.2) is 0 Å². The summed E-state index contributed by atoms with van der Waals surface area (Å²) in [7, 11) is 0. The molecule has 107 heavy (non-hydrogen) atoms. The number of benzene rings is 15. The average Bonchev–Trinajstić information content (AvgIpc) is 1.34. The topological polar surface area (TPSA) is 16.3 Å². The Morgan fingerprint density at radius 2 is 0.561 bits per heavy atom. The lowest BCUT2D eigenvalue weighted by Crippen LogP contribution is -2.61. The van der Waals surface area contributed by atoms with Crippen LogP contribution < -0.4 is 26.2 Å². The summed E-state index contributed by atoms with van der Waals surface area (Å²) < 4.78 is 202. The number of para-hydroxylation sites is 4. The van der Waals surface area contributed by atoms with E-state index in [1.807, 2.05) is 168 Å². The maximum Gasteiger partial charge on any atom is 0.252 e. The highest BCUT2D eigenvalue weighted by Gasteiger charge is 2.47. The van der Waals surface area contributed by atoms with Crippen molar-refractivity contribution in [2.75, 3.05) is 9.80 Å². The van der Waals surface area contributed by atoms with Crippen molar-refractivity contribution in [3.8, 4) is 78.1 Å². The van der Waals surface area contributed by atoms with Crippen LogP contribution in [0.2, 0.25) is 0 Å². The summed E-state index contributed by atoms with van der Waals surface area (Å²) in [4.78, 5) is 4.04. The van der Waals surface area contributed by atoms with Crippen LogP contribution in [0.5, 0.6) is 0 Å². The Kier molecular flexibility index (Phi) is 11.1.